The lowest BCUT2D eigenvalue weighted by molar-refractivity contribution is 0.668. The molecule has 248 valence electrons. The molecule has 0 unspecified atom stereocenters. The molecule has 0 atom stereocenters. The Hall–Kier alpha value is -7.10. The summed E-state index contributed by atoms with van der Waals surface area (Å²) in [5.74, 6) is 0. The Bertz CT molecular complexity index is 3170. The molecule has 3 heteroatoms. The zero-order chi connectivity index (χ0) is 34.9. The van der Waals surface area contributed by atoms with E-state index in [1.54, 1.807) is 0 Å². The lowest BCUT2D eigenvalue weighted by atomic mass is 9.96. The van der Waals surface area contributed by atoms with Gasteiger partial charge in [0.25, 0.3) is 0 Å². The summed E-state index contributed by atoms with van der Waals surface area (Å²) < 4.78 is 13.6. The SMILES string of the molecule is c1ccc(-c2ccc(-c3ccc(N(c4cccc5c4oc4ccccc45)c4cccc5ccc6ccccc6c45)c4c3oc3ccccc34)cc2)cc1. The largest absolute Gasteiger partial charge is 0.455 e. The smallest absolute Gasteiger partial charge is 0.159 e. The van der Waals surface area contributed by atoms with E-state index in [1.165, 1.54) is 32.7 Å². The molecular formula is C50H31NO2. The Morgan fingerprint density at radius 3 is 1.72 bits per heavy atom. The van der Waals surface area contributed by atoms with Gasteiger partial charge in [0.15, 0.2) is 5.58 Å². The predicted octanol–water partition coefficient (Wildman–Crippen LogP) is 14.6. The van der Waals surface area contributed by atoms with E-state index < -0.39 is 0 Å². The lowest BCUT2D eigenvalue weighted by Crippen LogP contribution is -2.11. The van der Waals surface area contributed by atoms with E-state index in [4.69, 9.17) is 8.83 Å². The van der Waals surface area contributed by atoms with Crippen molar-refractivity contribution in [3.63, 3.8) is 0 Å². The molecule has 0 aliphatic heterocycles. The highest BCUT2D eigenvalue weighted by molar-refractivity contribution is 6.22. The van der Waals surface area contributed by atoms with E-state index in [1.807, 2.05) is 12.1 Å². The molecule has 0 saturated carbocycles. The minimum absolute atomic E-state index is 0.840. The Morgan fingerprint density at radius 2 is 0.868 bits per heavy atom. The van der Waals surface area contributed by atoms with Gasteiger partial charge in [0.05, 0.1) is 22.4 Å². The van der Waals surface area contributed by atoms with Crippen LogP contribution in [0.3, 0.4) is 0 Å². The van der Waals surface area contributed by atoms with Crippen LogP contribution in [0.25, 0.3) is 87.7 Å². The molecule has 0 saturated heterocycles. The van der Waals surface area contributed by atoms with Crippen molar-refractivity contribution >= 4 is 82.5 Å². The van der Waals surface area contributed by atoms with Gasteiger partial charge in [-0.2, -0.15) is 0 Å². The van der Waals surface area contributed by atoms with Crippen molar-refractivity contribution in [1.82, 2.24) is 0 Å². The van der Waals surface area contributed by atoms with Gasteiger partial charge >= 0.3 is 0 Å². The van der Waals surface area contributed by atoms with Gasteiger partial charge in [-0.05, 0) is 69.2 Å². The number of anilines is 3. The lowest BCUT2D eigenvalue weighted by Gasteiger charge is -2.28. The van der Waals surface area contributed by atoms with E-state index in [2.05, 4.69) is 181 Å². The van der Waals surface area contributed by atoms with E-state index in [9.17, 15) is 0 Å². The highest BCUT2D eigenvalue weighted by Crippen LogP contribution is 2.50. The number of fused-ring (bicyclic) bond motifs is 9. The average Bonchev–Trinajstić information content (AvgIpc) is 3.81. The molecule has 0 amide bonds. The molecule has 11 rings (SSSR count). The Morgan fingerprint density at radius 1 is 0.302 bits per heavy atom. The molecular weight excluding hydrogens is 647 g/mol. The summed E-state index contributed by atoms with van der Waals surface area (Å²) in [6, 6.07) is 66.6. The van der Waals surface area contributed by atoms with Crippen LogP contribution in [0.4, 0.5) is 17.1 Å². The normalized spacial score (nSPS) is 11.8. The van der Waals surface area contributed by atoms with Crippen molar-refractivity contribution in [2.24, 2.45) is 0 Å². The molecule has 0 fully saturated rings. The number of hydrogen-bond acceptors (Lipinski definition) is 3. The van der Waals surface area contributed by atoms with Crippen LogP contribution in [-0.2, 0) is 0 Å². The monoisotopic (exact) mass is 677 g/mol. The zero-order valence-electron chi connectivity index (χ0n) is 28.7. The molecule has 0 aliphatic rings. The zero-order valence-corrected chi connectivity index (χ0v) is 28.7. The summed E-state index contributed by atoms with van der Waals surface area (Å²) in [6.45, 7) is 0. The third kappa shape index (κ3) is 4.61. The fourth-order valence-corrected chi connectivity index (χ4v) is 8.22. The van der Waals surface area contributed by atoms with E-state index in [-0.39, 0.29) is 0 Å². The number of nitrogens with zero attached hydrogens (tertiary/aromatic N) is 1. The van der Waals surface area contributed by atoms with Gasteiger partial charge in [0, 0.05) is 27.1 Å². The van der Waals surface area contributed by atoms with Gasteiger partial charge in [0.2, 0.25) is 0 Å². The van der Waals surface area contributed by atoms with Crippen molar-refractivity contribution in [3.05, 3.63) is 188 Å². The maximum absolute atomic E-state index is 6.86. The highest BCUT2D eigenvalue weighted by atomic mass is 16.3. The molecule has 2 heterocycles. The molecule has 2 aromatic heterocycles. The summed E-state index contributed by atoms with van der Waals surface area (Å²) in [5, 5.41) is 9.04. The van der Waals surface area contributed by atoms with Gasteiger partial charge < -0.3 is 13.7 Å². The first-order valence-electron chi connectivity index (χ1n) is 18.0. The Balaban J connectivity index is 1.23. The maximum atomic E-state index is 6.86. The number of benzene rings is 9. The van der Waals surface area contributed by atoms with Crippen LogP contribution in [0.15, 0.2) is 197 Å². The molecule has 0 bridgehead atoms. The maximum Gasteiger partial charge on any atom is 0.159 e. The molecule has 3 nitrogen and oxygen atoms in total. The van der Waals surface area contributed by atoms with Crippen molar-refractivity contribution < 1.29 is 8.83 Å². The quantitative estimate of drug-likeness (QED) is 0.170. The molecule has 53 heavy (non-hydrogen) atoms. The number of para-hydroxylation sites is 3. The van der Waals surface area contributed by atoms with Crippen molar-refractivity contribution in [2.45, 2.75) is 0 Å². The van der Waals surface area contributed by atoms with Crippen LogP contribution in [-0.4, -0.2) is 0 Å². The first-order chi connectivity index (χ1) is 26.3. The Kier molecular flexibility index (Phi) is 6.55. The second kappa shape index (κ2) is 11.7. The third-order valence-electron chi connectivity index (χ3n) is 10.7. The van der Waals surface area contributed by atoms with Crippen LogP contribution >= 0.6 is 0 Å². The first kappa shape index (κ1) is 29.6. The predicted molar refractivity (Wildman–Crippen MR) is 222 cm³/mol. The molecule has 0 radical (unpaired) electrons. The molecule has 0 spiro atoms. The number of furan rings is 2. The van der Waals surface area contributed by atoms with Crippen LogP contribution in [0.1, 0.15) is 0 Å². The minimum atomic E-state index is 0.840. The topological polar surface area (TPSA) is 29.5 Å². The second-order valence-electron chi connectivity index (χ2n) is 13.6. The summed E-state index contributed by atoms with van der Waals surface area (Å²) >= 11 is 0. The summed E-state index contributed by atoms with van der Waals surface area (Å²) in [7, 11) is 0. The van der Waals surface area contributed by atoms with E-state index >= 15 is 0 Å². The van der Waals surface area contributed by atoms with Crippen molar-refractivity contribution in [1.29, 1.82) is 0 Å². The van der Waals surface area contributed by atoms with Crippen LogP contribution in [0.5, 0.6) is 0 Å². The van der Waals surface area contributed by atoms with E-state index in [0.29, 0.717) is 0 Å². The van der Waals surface area contributed by atoms with Gasteiger partial charge in [0.1, 0.15) is 16.7 Å². The van der Waals surface area contributed by atoms with Gasteiger partial charge in [-0.15, -0.1) is 0 Å². The second-order valence-corrected chi connectivity index (χ2v) is 13.6. The summed E-state index contributed by atoms with van der Waals surface area (Å²) in [5.41, 5.74) is 11.0. The van der Waals surface area contributed by atoms with Crippen LogP contribution in [0.2, 0.25) is 0 Å². The molecule has 9 aromatic carbocycles. The highest BCUT2D eigenvalue weighted by Gasteiger charge is 2.26. The molecule has 11 aromatic rings. The first-order valence-corrected chi connectivity index (χ1v) is 18.0. The van der Waals surface area contributed by atoms with Crippen LogP contribution in [0, 0.1) is 0 Å². The molecule has 0 N–H and O–H groups in total. The van der Waals surface area contributed by atoms with Crippen LogP contribution < -0.4 is 4.90 Å². The van der Waals surface area contributed by atoms with Gasteiger partial charge in [-0.25, -0.2) is 0 Å². The fourth-order valence-electron chi connectivity index (χ4n) is 8.22. The van der Waals surface area contributed by atoms with Gasteiger partial charge in [-0.3, -0.25) is 0 Å². The molecule has 0 aliphatic carbocycles. The number of rotatable bonds is 5. The van der Waals surface area contributed by atoms with E-state index in [0.717, 1.165) is 72.1 Å². The standard InChI is InChI=1S/C50H31NO2/c1-2-12-32(13-3-1)33-24-26-35(27-25-33)38-30-31-43(48-41-18-7-9-23-46(41)53-50(38)48)51(44-21-11-19-40-39-17-6-8-22-45(39)52-49(40)44)42-20-10-15-36-29-28-34-14-4-5-16-37(34)47(36)42/h1-31H. The summed E-state index contributed by atoms with van der Waals surface area (Å²) in [4.78, 5) is 2.39. The minimum Gasteiger partial charge on any atom is -0.455 e. The van der Waals surface area contributed by atoms with Gasteiger partial charge in [-0.1, -0.05) is 152 Å². The number of hydrogen-bond donors (Lipinski definition) is 0. The van der Waals surface area contributed by atoms with Crippen molar-refractivity contribution in [3.8, 4) is 22.3 Å². The summed E-state index contributed by atoms with van der Waals surface area (Å²) in [6.07, 6.45) is 0. The Labute approximate surface area is 305 Å². The van der Waals surface area contributed by atoms with Crippen molar-refractivity contribution in [2.75, 3.05) is 4.90 Å². The average molecular weight is 678 g/mol. The fraction of sp³-hybridized carbons (Fsp3) is 0. The third-order valence-corrected chi connectivity index (χ3v) is 10.7.